The molecule has 5 nitrogen and oxygen atoms in total. The third-order valence-corrected chi connectivity index (χ3v) is 10.9. The van der Waals surface area contributed by atoms with E-state index in [0.29, 0.717) is 19.4 Å². The number of allylic oxidation sites excluding steroid dienone is 14. The summed E-state index contributed by atoms with van der Waals surface area (Å²) in [5, 5.41) is 0. The number of rotatable bonds is 47. The molecule has 0 heterocycles. The van der Waals surface area contributed by atoms with Gasteiger partial charge in [0.2, 0.25) is 0 Å². The van der Waals surface area contributed by atoms with Crippen molar-refractivity contribution in [2.45, 2.75) is 245 Å². The molecule has 0 saturated carbocycles. The topological polar surface area (TPSA) is 61.8 Å². The minimum Gasteiger partial charge on any atom is -0.462 e. The first kappa shape index (κ1) is 59.1. The lowest BCUT2D eigenvalue weighted by Crippen LogP contribution is -2.30. The number of ether oxygens (including phenoxy) is 3. The highest BCUT2D eigenvalue weighted by Crippen LogP contribution is 2.14. The fraction of sp³-hybridized carbons (Fsp3) is 0.719. The molecule has 0 radical (unpaired) electrons. The Balaban J connectivity index is 4.35. The fourth-order valence-electron chi connectivity index (χ4n) is 7.05. The van der Waals surface area contributed by atoms with Crippen LogP contribution in [0.25, 0.3) is 0 Å². The van der Waals surface area contributed by atoms with E-state index in [4.69, 9.17) is 14.2 Å². The van der Waals surface area contributed by atoms with Gasteiger partial charge in [0.25, 0.3) is 0 Å². The quantitative estimate of drug-likeness (QED) is 0.0346. The van der Waals surface area contributed by atoms with Gasteiger partial charge in [-0.1, -0.05) is 221 Å². The summed E-state index contributed by atoms with van der Waals surface area (Å²) in [6.07, 6.45) is 68.9. The van der Waals surface area contributed by atoms with Crippen molar-refractivity contribution in [1.29, 1.82) is 0 Å². The van der Waals surface area contributed by atoms with Crippen LogP contribution in [0.3, 0.4) is 0 Å². The lowest BCUT2D eigenvalue weighted by Gasteiger charge is -2.18. The van der Waals surface area contributed by atoms with Crippen molar-refractivity contribution in [3.8, 4) is 0 Å². The van der Waals surface area contributed by atoms with Crippen LogP contribution in [0.5, 0.6) is 0 Å². The molecule has 1 unspecified atom stereocenters. The molecule has 0 fully saturated rings. The maximum absolute atomic E-state index is 12.8. The monoisotopic (exact) mass is 863 g/mol. The molecule has 0 aromatic heterocycles. The van der Waals surface area contributed by atoms with Gasteiger partial charge in [0.1, 0.15) is 6.61 Å². The Bertz CT molecular complexity index is 1160. The maximum Gasteiger partial charge on any atom is 0.306 e. The average Bonchev–Trinajstić information content (AvgIpc) is 3.27. The summed E-state index contributed by atoms with van der Waals surface area (Å²) in [6, 6.07) is 0. The summed E-state index contributed by atoms with van der Waals surface area (Å²) in [4.78, 5) is 25.4. The molecule has 0 aliphatic carbocycles. The Morgan fingerprint density at radius 3 is 1.18 bits per heavy atom. The summed E-state index contributed by atoms with van der Waals surface area (Å²) < 4.78 is 17.3. The maximum atomic E-state index is 12.8. The first-order valence-corrected chi connectivity index (χ1v) is 26.1. The van der Waals surface area contributed by atoms with Gasteiger partial charge in [-0.2, -0.15) is 0 Å². The van der Waals surface area contributed by atoms with Crippen molar-refractivity contribution in [3.05, 3.63) is 85.1 Å². The van der Waals surface area contributed by atoms with Crippen LogP contribution in [0.1, 0.15) is 239 Å². The standard InChI is InChI=1S/C57H98O5/c1-4-7-10-13-16-19-22-24-26-27-28-29-30-32-34-37-40-43-46-49-52-60-53-55(62-57(59)51-48-45-42-39-35-21-18-15-12-9-6-3)54-61-56(58)50-47-44-41-38-36-33-31-25-23-20-17-14-11-8-5-2/h7,10,16,19,24-26,28-29,31-32,34,40,43,55H,4-6,8-9,11-15,17-18,20-23,27,30,33,35-39,41-42,44-54H2,1-3H3/b10-7-,19-16-,26-24-,29-28-,31-25-,34-32-,43-40-. The third-order valence-electron chi connectivity index (χ3n) is 10.9. The van der Waals surface area contributed by atoms with E-state index in [1.165, 1.54) is 116 Å². The highest BCUT2D eigenvalue weighted by atomic mass is 16.6. The van der Waals surface area contributed by atoms with Crippen LogP contribution >= 0.6 is 0 Å². The number of esters is 2. The molecule has 0 amide bonds. The second-order valence-electron chi connectivity index (χ2n) is 17.0. The van der Waals surface area contributed by atoms with E-state index < -0.39 is 6.10 Å². The Labute approximate surface area is 384 Å². The van der Waals surface area contributed by atoms with E-state index in [1.54, 1.807) is 0 Å². The number of hydrogen-bond donors (Lipinski definition) is 0. The normalized spacial score (nSPS) is 12.9. The zero-order chi connectivity index (χ0) is 44.9. The van der Waals surface area contributed by atoms with Crippen LogP contribution in [0.15, 0.2) is 85.1 Å². The smallest absolute Gasteiger partial charge is 0.306 e. The Kier molecular flexibility index (Phi) is 50.0. The van der Waals surface area contributed by atoms with Gasteiger partial charge in [-0.3, -0.25) is 9.59 Å². The van der Waals surface area contributed by atoms with Crippen LogP contribution in [-0.2, 0) is 23.8 Å². The van der Waals surface area contributed by atoms with Crippen molar-refractivity contribution in [2.75, 3.05) is 19.8 Å². The first-order chi connectivity index (χ1) is 30.6. The average molecular weight is 863 g/mol. The van der Waals surface area contributed by atoms with Gasteiger partial charge in [0.05, 0.1) is 6.61 Å². The van der Waals surface area contributed by atoms with Crippen LogP contribution in [0, 0.1) is 0 Å². The molecule has 62 heavy (non-hydrogen) atoms. The van der Waals surface area contributed by atoms with Crippen LogP contribution in [0.2, 0.25) is 0 Å². The Morgan fingerprint density at radius 2 is 0.726 bits per heavy atom. The summed E-state index contributed by atoms with van der Waals surface area (Å²) >= 11 is 0. The highest BCUT2D eigenvalue weighted by molar-refractivity contribution is 5.70. The Morgan fingerprint density at radius 1 is 0.371 bits per heavy atom. The SMILES string of the molecule is CC/C=C\C/C=C\C/C=C\C/C=C\C/C=C\C/C=C\CCCOCC(COC(=O)CCCCCCC/C=C\CCCCCCCC)OC(=O)CCCCCCCCCCCCC. The highest BCUT2D eigenvalue weighted by Gasteiger charge is 2.17. The molecule has 0 aromatic rings. The van der Waals surface area contributed by atoms with Gasteiger partial charge in [-0.05, 0) is 89.9 Å². The number of unbranched alkanes of at least 4 members (excludes halogenated alkanes) is 22. The Hall–Kier alpha value is -2.92. The second-order valence-corrected chi connectivity index (χ2v) is 17.0. The van der Waals surface area contributed by atoms with E-state index in [1.807, 2.05) is 0 Å². The van der Waals surface area contributed by atoms with E-state index in [9.17, 15) is 9.59 Å². The number of carbonyl (C=O) groups is 2. The molecular weight excluding hydrogens is 765 g/mol. The van der Waals surface area contributed by atoms with Gasteiger partial charge in [0, 0.05) is 19.4 Å². The molecule has 356 valence electrons. The number of hydrogen-bond acceptors (Lipinski definition) is 5. The lowest BCUT2D eigenvalue weighted by atomic mass is 10.1. The molecule has 1 atom stereocenters. The van der Waals surface area contributed by atoms with E-state index in [2.05, 4.69) is 106 Å². The zero-order valence-electron chi connectivity index (χ0n) is 40.9. The van der Waals surface area contributed by atoms with Crippen molar-refractivity contribution >= 4 is 11.9 Å². The minimum absolute atomic E-state index is 0.0566. The summed E-state index contributed by atoms with van der Waals surface area (Å²) in [6.45, 7) is 7.56. The van der Waals surface area contributed by atoms with Gasteiger partial charge in [-0.25, -0.2) is 0 Å². The van der Waals surface area contributed by atoms with Crippen LogP contribution < -0.4 is 0 Å². The van der Waals surface area contributed by atoms with Crippen molar-refractivity contribution in [1.82, 2.24) is 0 Å². The summed E-state index contributed by atoms with van der Waals surface area (Å²) in [5.74, 6) is -0.438. The predicted molar refractivity (Wildman–Crippen MR) is 270 cm³/mol. The molecule has 0 saturated heterocycles. The summed E-state index contributed by atoms with van der Waals surface area (Å²) in [5.41, 5.74) is 0. The van der Waals surface area contributed by atoms with E-state index in [-0.39, 0.29) is 25.2 Å². The van der Waals surface area contributed by atoms with Crippen molar-refractivity contribution < 1.29 is 23.8 Å². The van der Waals surface area contributed by atoms with E-state index in [0.717, 1.165) is 89.9 Å². The van der Waals surface area contributed by atoms with Gasteiger partial charge in [0.15, 0.2) is 6.10 Å². The zero-order valence-corrected chi connectivity index (χ0v) is 40.9. The van der Waals surface area contributed by atoms with Crippen molar-refractivity contribution in [3.63, 3.8) is 0 Å². The molecular formula is C57H98O5. The third kappa shape index (κ3) is 49.7. The van der Waals surface area contributed by atoms with Crippen molar-refractivity contribution in [2.24, 2.45) is 0 Å². The molecule has 0 N–H and O–H groups in total. The predicted octanol–water partition coefficient (Wildman–Crippen LogP) is 17.7. The van der Waals surface area contributed by atoms with Crippen LogP contribution in [0.4, 0.5) is 0 Å². The number of carbonyl (C=O) groups excluding carboxylic acids is 2. The molecule has 0 aliphatic rings. The van der Waals surface area contributed by atoms with Gasteiger partial charge < -0.3 is 14.2 Å². The molecule has 5 heteroatoms. The molecule has 0 aromatic carbocycles. The molecule has 0 aliphatic heterocycles. The second kappa shape index (κ2) is 52.4. The lowest BCUT2D eigenvalue weighted by molar-refractivity contribution is -0.163. The molecule has 0 rings (SSSR count). The fourth-order valence-corrected chi connectivity index (χ4v) is 7.05. The largest absolute Gasteiger partial charge is 0.462 e. The van der Waals surface area contributed by atoms with Gasteiger partial charge >= 0.3 is 11.9 Å². The molecule has 0 bridgehead atoms. The van der Waals surface area contributed by atoms with E-state index >= 15 is 0 Å². The summed E-state index contributed by atoms with van der Waals surface area (Å²) in [7, 11) is 0. The minimum atomic E-state index is -0.570. The van der Waals surface area contributed by atoms with Gasteiger partial charge in [-0.15, -0.1) is 0 Å². The molecule has 0 spiro atoms. The van der Waals surface area contributed by atoms with Crippen LogP contribution in [-0.4, -0.2) is 37.9 Å². The first-order valence-electron chi connectivity index (χ1n) is 26.1.